The molecule has 0 atom stereocenters. The van der Waals surface area contributed by atoms with Crippen molar-refractivity contribution in [3.8, 4) is 6.19 Å². The lowest BCUT2D eigenvalue weighted by Crippen LogP contribution is -2.12. The number of fused-ring (bicyclic) bond motifs is 1. The minimum Gasteiger partial charge on any atom is -0.271 e. The maximum Gasteiger partial charge on any atom is 0.212 e. The van der Waals surface area contributed by atoms with Gasteiger partial charge in [-0.2, -0.15) is 10.3 Å². The molecule has 0 saturated carbocycles. The molecule has 86 valence electrons. The monoisotopic (exact) mass is 282 g/mol. The van der Waals surface area contributed by atoms with Gasteiger partial charge in [0.2, 0.25) is 5.13 Å². The summed E-state index contributed by atoms with van der Waals surface area (Å²) in [7, 11) is 0. The number of benzene rings is 1. The van der Waals surface area contributed by atoms with Gasteiger partial charge in [0.15, 0.2) is 11.4 Å². The number of aromatic nitrogens is 1. The van der Waals surface area contributed by atoms with Crippen LogP contribution in [-0.4, -0.2) is 16.4 Å². The summed E-state index contributed by atoms with van der Waals surface area (Å²) in [4.78, 5) is 8.58. The number of rotatable bonds is 1. The van der Waals surface area contributed by atoms with E-state index in [1.54, 1.807) is 6.07 Å². The highest BCUT2D eigenvalue weighted by molar-refractivity contribution is 8.13. The molecule has 0 aliphatic heterocycles. The van der Waals surface area contributed by atoms with Gasteiger partial charge in [-0.05, 0) is 24.5 Å². The van der Waals surface area contributed by atoms with Crippen LogP contribution in [0.3, 0.4) is 0 Å². The molecule has 7 heteroatoms. The van der Waals surface area contributed by atoms with Crippen LogP contribution < -0.4 is 5.32 Å². The molecule has 0 bridgehead atoms. The van der Waals surface area contributed by atoms with Crippen LogP contribution in [0.4, 0.5) is 5.13 Å². The Balaban J connectivity index is 2.40. The summed E-state index contributed by atoms with van der Waals surface area (Å²) in [5.74, 6) is 0. The van der Waals surface area contributed by atoms with E-state index in [-0.39, 0.29) is 0 Å². The van der Waals surface area contributed by atoms with Gasteiger partial charge >= 0.3 is 0 Å². The number of thiazole rings is 1. The van der Waals surface area contributed by atoms with Crippen molar-refractivity contribution < 1.29 is 0 Å². The zero-order valence-corrected chi connectivity index (χ0v) is 11.2. The van der Waals surface area contributed by atoms with E-state index in [9.17, 15) is 0 Å². The fourth-order valence-electron chi connectivity index (χ4n) is 1.19. The van der Waals surface area contributed by atoms with Crippen molar-refractivity contribution >= 4 is 55.2 Å². The van der Waals surface area contributed by atoms with Gasteiger partial charge in [-0.1, -0.05) is 34.7 Å². The standard InChI is InChI=1S/C10H7ClN4S2/c1-16-9(13-5-12)15-10-14-7-3-2-6(11)4-8(7)17-10/h2-4H,1H3,(H,13,14,15). The minimum absolute atomic E-state index is 0.526. The van der Waals surface area contributed by atoms with Crippen molar-refractivity contribution in [2.24, 2.45) is 4.99 Å². The summed E-state index contributed by atoms with van der Waals surface area (Å²) in [6.45, 7) is 0. The Bertz CT molecular complexity index is 614. The number of hydrogen-bond donors (Lipinski definition) is 1. The summed E-state index contributed by atoms with van der Waals surface area (Å²) in [5.41, 5.74) is 0.857. The predicted octanol–water partition coefficient (Wildman–Crippen LogP) is 3.37. The summed E-state index contributed by atoms with van der Waals surface area (Å²) >= 11 is 8.69. The number of amidine groups is 1. The quantitative estimate of drug-likeness (QED) is 0.377. The number of halogens is 1. The predicted molar refractivity (Wildman–Crippen MR) is 74.0 cm³/mol. The topological polar surface area (TPSA) is 61.1 Å². The first kappa shape index (κ1) is 12.2. The van der Waals surface area contributed by atoms with Crippen molar-refractivity contribution in [1.82, 2.24) is 10.3 Å². The molecule has 1 N–H and O–H groups in total. The number of hydrogen-bond acceptors (Lipinski definition) is 5. The molecule has 0 fully saturated rings. The van der Waals surface area contributed by atoms with Crippen molar-refractivity contribution in [3.63, 3.8) is 0 Å². The van der Waals surface area contributed by atoms with Gasteiger partial charge in [0.05, 0.1) is 10.2 Å². The van der Waals surface area contributed by atoms with Crippen molar-refractivity contribution in [2.45, 2.75) is 0 Å². The molecule has 0 radical (unpaired) electrons. The second-order valence-electron chi connectivity index (χ2n) is 2.97. The molecule has 0 saturated heterocycles. The second-order valence-corrected chi connectivity index (χ2v) is 5.21. The highest BCUT2D eigenvalue weighted by atomic mass is 35.5. The number of nitriles is 1. The van der Waals surface area contributed by atoms with Gasteiger partial charge in [0.1, 0.15) is 0 Å². The molecule has 2 aromatic rings. The number of aliphatic imine (C=N–C) groups is 1. The summed E-state index contributed by atoms with van der Waals surface area (Å²) in [6.07, 6.45) is 3.68. The first-order chi connectivity index (χ1) is 8.22. The Kier molecular flexibility index (Phi) is 3.84. The van der Waals surface area contributed by atoms with Gasteiger partial charge in [0.25, 0.3) is 0 Å². The molecule has 0 aliphatic rings. The average molecular weight is 283 g/mol. The molecule has 0 amide bonds. The van der Waals surface area contributed by atoms with Gasteiger partial charge in [0, 0.05) is 5.02 Å². The number of thioether (sulfide) groups is 1. The van der Waals surface area contributed by atoms with Crippen LogP contribution in [0.5, 0.6) is 0 Å². The maximum atomic E-state index is 8.53. The first-order valence-corrected chi connectivity index (χ1v) is 6.98. The highest BCUT2D eigenvalue weighted by Gasteiger charge is 2.04. The SMILES string of the molecule is CS/C(=N/c1nc2ccc(Cl)cc2s1)NC#N. The molecule has 1 aromatic heterocycles. The molecule has 0 aliphatic carbocycles. The Hall–Kier alpha value is -1.29. The highest BCUT2D eigenvalue weighted by Crippen LogP contribution is 2.30. The Morgan fingerprint density at radius 2 is 2.47 bits per heavy atom. The Labute approximate surface area is 111 Å². The van der Waals surface area contributed by atoms with E-state index >= 15 is 0 Å². The molecule has 1 heterocycles. The lowest BCUT2D eigenvalue weighted by molar-refractivity contribution is 1.27. The molecular weight excluding hydrogens is 276 g/mol. The lowest BCUT2D eigenvalue weighted by Gasteiger charge is -1.95. The van der Waals surface area contributed by atoms with Crippen LogP contribution in [0.15, 0.2) is 23.2 Å². The van der Waals surface area contributed by atoms with Gasteiger partial charge < -0.3 is 0 Å². The molecule has 1 aromatic carbocycles. The van der Waals surface area contributed by atoms with E-state index in [0.717, 1.165) is 10.2 Å². The van der Waals surface area contributed by atoms with Crippen molar-refractivity contribution in [3.05, 3.63) is 23.2 Å². The Morgan fingerprint density at radius 1 is 1.65 bits per heavy atom. The fourth-order valence-corrected chi connectivity index (χ4v) is 2.70. The number of nitrogens with one attached hydrogen (secondary N) is 1. The fraction of sp³-hybridized carbons (Fsp3) is 0.100. The van der Waals surface area contributed by atoms with E-state index in [0.29, 0.717) is 15.3 Å². The molecule has 0 spiro atoms. The van der Waals surface area contributed by atoms with Gasteiger partial charge in [-0.3, -0.25) is 5.32 Å². The summed E-state index contributed by atoms with van der Waals surface area (Å²) < 4.78 is 0.980. The Morgan fingerprint density at radius 3 is 3.18 bits per heavy atom. The van der Waals surface area contributed by atoms with Crippen LogP contribution in [0.1, 0.15) is 0 Å². The smallest absolute Gasteiger partial charge is 0.212 e. The van der Waals surface area contributed by atoms with Crippen LogP contribution in [-0.2, 0) is 0 Å². The zero-order chi connectivity index (χ0) is 12.3. The van der Waals surface area contributed by atoms with Gasteiger partial charge in [-0.25, -0.2) is 4.98 Å². The van der Waals surface area contributed by atoms with E-state index in [2.05, 4.69) is 15.3 Å². The zero-order valence-electron chi connectivity index (χ0n) is 8.77. The summed E-state index contributed by atoms with van der Waals surface area (Å²) in [6, 6.07) is 5.49. The lowest BCUT2D eigenvalue weighted by atomic mass is 10.3. The maximum absolute atomic E-state index is 8.53. The van der Waals surface area contributed by atoms with Crippen LogP contribution in [0.25, 0.3) is 10.2 Å². The second kappa shape index (κ2) is 5.36. The van der Waals surface area contributed by atoms with Crippen LogP contribution in [0, 0.1) is 11.5 Å². The van der Waals surface area contributed by atoms with Crippen molar-refractivity contribution in [2.75, 3.05) is 6.26 Å². The van der Waals surface area contributed by atoms with E-state index in [1.165, 1.54) is 23.1 Å². The molecular formula is C10H7ClN4S2. The third-order valence-corrected chi connectivity index (χ3v) is 3.62. The van der Waals surface area contributed by atoms with E-state index < -0.39 is 0 Å². The van der Waals surface area contributed by atoms with Gasteiger partial charge in [-0.15, -0.1) is 0 Å². The normalized spacial score (nSPS) is 11.5. The van der Waals surface area contributed by atoms with E-state index in [4.69, 9.17) is 16.9 Å². The third-order valence-electron chi connectivity index (χ3n) is 1.89. The molecule has 2 rings (SSSR count). The largest absolute Gasteiger partial charge is 0.271 e. The van der Waals surface area contributed by atoms with Crippen molar-refractivity contribution in [1.29, 1.82) is 5.26 Å². The first-order valence-electron chi connectivity index (χ1n) is 4.57. The third kappa shape index (κ3) is 2.88. The van der Waals surface area contributed by atoms with Crippen LogP contribution >= 0.6 is 34.7 Å². The van der Waals surface area contributed by atoms with E-state index in [1.807, 2.05) is 24.6 Å². The molecule has 17 heavy (non-hydrogen) atoms. The number of nitrogens with zero attached hydrogens (tertiary/aromatic N) is 3. The molecule has 0 unspecified atom stereocenters. The summed E-state index contributed by atoms with van der Waals surface area (Å²) in [5, 5.41) is 12.8. The molecule has 4 nitrogen and oxygen atoms in total. The van der Waals surface area contributed by atoms with Crippen LogP contribution in [0.2, 0.25) is 5.02 Å². The average Bonchev–Trinajstić information content (AvgIpc) is 2.69. The minimum atomic E-state index is 0.526.